The van der Waals surface area contributed by atoms with Crippen LogP contribution < -0.4 is 20.2 Å². The lowest BCUT2D eigenvalue weighted by atomic mass is 10.1. The van der Waals surface area contributed by atoms with Crippen LogP contribution in [0.15, 0.2) is 64.2 Å². The van der Waals surface area contributed by atoms with Crippen molar-refractivity contribution >= 4 is 51.2 Å². The molecule has 0 aliphatic carbocycles. The summed E-state index contributed by atoms with van der Waals surface area (Å²) >= 11 is 9.28. The van der Waals surface area contributed by atoms with Crippen LogP contribution in [0.25, 0.3) is 0 Å². The highest BCUT2D eigenvalue weighted by molar-refractivity contribution is 9.10. The van der Waals surface area contributed by atoms with Crippen LogP contribution in [-0.4, -0.2) is 31.7 Å². The molecule has 0 saturated carbocycles. The zero-order valence-corrected chi connectivity index (χ0v) is 21.2. The predicted octanol–water partition coefficient (Wildman–Crippen LogP) is 5.51. The molecule has 0 saturated heterocycles. The fourth-order valence-corrected chi connectivity index (χ4v) is 3.76. The van der Waals surface area contributed by atoms with Crippen molar-refractivity contribution in [1.82, 2.24) is 5.43 Å². The number of anilines is 1. The van der Waals surface area contributed by atoms with Crippen molar-refractivity contribution in [3.63, 3.8) is 0 Å². The number of methoxy groups -OCH3 is 1. The smallest absolute Gasteiger partial charge is 0.271 e. The van der Waals surface area contributed by atoms with Crippen LogP contribution in [0.2, 0.25) is 5.02 Å². The number of hydrogen-bond donors (Lipinski definition) is 2. The van der Waals surface area contributed by atoms with E-state index in [0.29, 0.717) is 32.1 Å². The summed E-state index contributed by atoms with van der Waals surface area (Å²) in [5.41, 5.74) is 6.36. The highest BCUT2D eigenvalue weighted by atomic mass is 79.9. The van der Waals surface area contributed by atoms with E-state index in [1.54, 1.807) is 36.4 Å². The van der Waals surface area contributed by atoms with Gasteiger partial charge in [0.2, 0.25) is 0 Å². The van der Waals surface area contributed by atoms with Crippen molar-refractivity contribution in [3.05, 3.63) is 86.3 Å². The highest BCUT2D eigenvalue weighted by Crippen LogP contribution is 2.36. The Labute approximate surface area is 211 Å². The van der Waals surface area contributed by atoms with Gasteiger partial charge in [-0.05, 0) is 83.4 Å². The van der Waals surface area contributed by atoms with Gasteiger partial charge < -0.3 is 14.8 Å². The van der Waals surface area contributed by atoms with Gasteiger partial charge in [0.1, 0.15) is 0 Å². The number of carbonyl (C=O) groups excluding carboxylic acids is 2. The van der Waals surface area contributed by atoms with Gasteiger partial charge in [-0.15, -0.1) is 0 Å². The fraction of sp³-hybridized carbons (Fsp3) is 0.160. The minimum absolute atomic E-state index is 0.202. The molecule has 2 amide bonds. The van der Waals surface area contributed by atoms with Gasteiger partial charge in [-0.25, -0.2) is 5.43 Å². The number of ether oxygens (including phenoxy) is 2. The van der Waals surface area contributed by atoms with Gasteiger partial charge in [0.05, 0.1) is 17.8 Å². The highest BCUT2D eigenvalue weighted by Gasteiger charge is 2.14. The largest absolute Gasteiger partial charge is 0.493 e. The first-order chi connectivity index (χ1) is 16.3. The van der Waals surface area contributed by atoms with Gasteiger partial charge in [0.15, 0.2) is 18.1 Å². The van der Waals surface area contributed by atoms with Crippen molar-refractivity contribution in [2.75, 3.05) is 19.0 Å². The van der Waals surface area contributed by atoms with Crippen LogP contribution in [0.3, 0.4) is 0 Å². The maximum absolute atomic E-state index is 12.4. The molecule has 0 bridgehead atoms. The van der Waals surface area contributed by atoms with E-state index in [1.807, 2.05) is 32.0 Å². The van der Waals surface area contributed by atoms with E-state index in [2.05, 4.69) is 31.8 Å². The third-order valence-electron chi connectivity index (χ3n) is 4.74. The maximum atomic E-state index is 12.4. The van der Waals surface area contributed by atoms with Crippen molar-refractivity contribution in [2.24, 2.45) is 5.10 Å². The number of carbonyl (C=O) groups is 2. The average molecular weight is 545 g/mol. The summed E-state index contributed by atoms with van der Waals surface area (Å²) in [6.45, 7) is 3.72. The number of rotatable bonds is 8. The lowest BCUT2D eigenvalue weighted by molar-refractivity contribution is -0.118. The number of benzene rings is 3. The molecular formula is C25H23BrClN3O4. The van der Waals surface area contributed by atoms with Gasteiger partial charge in [-0.2, -0.15) is 5.10 Å². The number of nitrogens with zero attached hydrogens (tertiary/aromatic N) is 1. The summed E-state index contributed by atoms with van der Waals surface area (Å²) in [7, 11) is 1.49. The second-order valence-electron chi connectivity index (χ2n) is 7.40. The quantitative estimate of drug-likeness (QED) is 0.289. The molecule has 0 unspecified atom stereocenters. The number of hydrogen-bond acceptors (Lipinski definition) is 5. The molecule has 176 valence electrons. The van der Waals surface area contributed by atoms with E-state index in [9.17, 15) is 9.59 Å². The molecule has 2 N–H and O–H groups in total. The van der Waals surface area contributed by atoms with E-state index >= 15 is 0 Å². The topological polar surface area (TPSA) is 89.0 Å². The Kier molecular flexibility index (Phi) is 8.67. The number of hydrazone groups is 1. The van der Waals surface area contributed by atoms with Gasteiger partial charge in [-0.3, -0.25) is 9.59 Å². The molecule has 0 spiro atoms. The minimum Gasteiger partial charge on any atom is -0.493 e. The lowest BCUT2D eigenvalue weighted by Crippen LogP contribution is -2.21. The molecule has 0 heterocycles. The zero-order chi connectivity index (χ0) is 24.7. The number of amides is 2. The standard InChI is InChI=1S/C25H23BrClN3O4/c1-15-4-9-21(16(2)10-15)29-23(31)14-34-24-20(26)11-17(12-22(24)33-3)13-28-30-25(32)18-5-7-19(27)8-6-18/h4-13H,14H2,1-3H3,(H,29,31)(H,30,32)/b28-13+. The fourth-order valence-electron chi connectivity index (χ4n) is 3.06. The second kappa shape index (κ2) is 11.7. The second-order valence-corrected chi connectivity index (χ2v) is 8.69. The van der Waals surface area contributed by atoms with E-state index < -0.39 is 0 Å². The van der Waals surface area contributed by atoms with Gasteiger partial charge in [-0.1, -0.05) is 29.3 Å². The maximum Gasteiger partial charge on any atom is 0.271 e. The lowest BCUT2D eigenvalue weighted by Gasteiger charge is -2.14. The first kappa shape index (κ1) is 25.3. The summed E-state index contributed by atoms with van der Waals surface area (Å²) in [6.07, 6.45) is 1.47. The molecule has 0 radical (unpaired) electrons. The van der Waals surface area contributed by atoms with Crippen LogP contribution >= 0.6 is 27.5 Å². The molecule has 3 aromatic rings. The summed E-state index contributed by atoms with van der Waals surface area (Å²) in [5.74, 6) is 0.116. The Morgan fingerprint density at radius 2 is 1.82 bits per heavy atom. The zero-order valence-electron chi connectivity index (χ0n) is 18.8. The Balaban J connectivity index is 1.63. The summed E-state index contributed by atoms with van der Waals surface area (Å²) in [5, 5.41) is 7.37. The third kappa shape index (κ3) is 6.82. The summed E-state index contributed by atoms with van der Waals surface area (Å²) in [6, 6.07) is 15.7. The SMILES string of the molecule is COc1cc(/C=N/NC(=O)c2ccc(Cl)cc2)cc(Br)c1OCC(=O)Nc1ccc(C)cc1C. The number of nitrogens with one attached hydrogen (secondary N) is 2. The molecule has 0 atom stereocenters. The van der Waals surface area contributed by atoms with E-state index in [1.165, 1.54) is 13.3 Å². The molecule has 3 rings (SSSR count). The van der Waals surface area contributed by atoms with Crippen LogP contribution in [0.1, 0.15) is 27.0 Å². The molecule has 7 nitrogen and oxygen atoms in total. The van der Waals surface area contributed by atoms with Crippen molar-refractivity contribution in [3.8, 4) is 11.5 Å². The van der Waals surface area contributed by atoms with Crippen molar-refractivity contribution in [2.45, 2.75) is 13.8 Å². The molecule has 0 aliphatic heterocycles. The van der Waals surface area contributed by atoms with E-state index in [-0.39, 0.29) is 18.4 Å². The minimum atomic E-state index is -0.367. The Morgan fingerprint density at radius 3 is 2.50 bits per heavy atom. The molecule has 0 aromatic heterocycles. The molecule has 34 heavy (non-hydrogen) atoms. The Hall–Kier alpha value is -3.36. The molecular weight excluding hydrogens is 522 g/mol. The molecule has 0 fully saturated rings. The average Bonchev–Trinajstić information content (AvgIpc) is 2.80. The summed E-state index contributed by atoms with van der Waals surface area (Å²) in [4.78, 5) is 24.5. The van der Waals surface area contributed by atoms with Crippen LogP contribution in [-0.2, 0) is 4.79 Å². The Morgan fingerprint density at radius 1 is 1.09 bits per heavy atom. The van der Waals surface area contributed by atoms with Crippen LogP contribution in [0.4, 0.5) is 5.69 Å². The van der Waals surface area contributed by atoms with Crippen LogP contribution in [0, 0.1) is 13.8 Å². The van der Waals surface area contributed by atoms with Gasteiger partial charge >= 0.3 is 0 Å². The normalized spacial score (nSPS) is 10.7. The summed E-state index contributed by atoms with van der Waals surface area (Å²) < 4.78 is 11.7. The van der Waals surface area contributed by atoms with Crippen molar-refractivity contribution < 1.29 is 19.1 Å². The molecule has 3 aromatic carbocycles. The van der Waals surface area contributed by atoms with Gasteiger partial charge in [0.25, 0.3) is 11.8 Å². The van der Waals surface area contributed by atoms with Gasteiger partial charge in [0, 0.05) is 16.3 Å². The Bertz CT molecular complexity index is 1230. The predicted molar refractivity (Wildman–Crippen MR) is 137 cm³/mol. The number of aryl methyl sites for hydroxylation is 2. The first-order valence-electron chi connectivity index (χ1n) is 10.2. The number of halogens is 2. The third-order valence-corrected chi connectivity index (χ3v) is 5.58. The van der Waals surface area contributed by atoms with Crippen LogP contribution in [0.5, 0.6) is 11.5 Å². The first-order valence-corrected chi connectivity index (χ1v) is 11.4. The monoisotopic (exact) mass is 543 g/mol. The molecule has 9 heteroatoms. The van der Waals surface area contributed by atoms with E-state index in [4.69, 9.17) is 21.1 Å². The van der Waals surface area contributed by atoms with E-state index in [0.717, 1.165) is 16.8 Å². The molecule has 0 aliphatic rings. The van der Waals surface area contributed by atoms with Crippen molar-refractivity contribution in [1.29, 1.82) is 0 Å².